The van der Waals surface area contributed by atoms with Crippen molar-refractivity contribution in [2.45, 2.75) is 92.8 Å². The Bertz CT molecular complexity index is 1550. The molecule has 0 saturated carbocycles. The molecule has 0 radical (unpaired) electrons. The average Bonchev–Trinajstić information content (AvgIpc) is 3.44. The second-order valence-corrected chi connectivity index (χ2v) is 13.1. The molecule has 3 aliphatic heterocycles. The van der Waals surface area contributed by atoms with Gasteiger partial charge in [0.15, 0.2) is 47.5 Å². The molecule has 3 aliphatic rings. The van der Waals surface area contributed by atoms with Crippen LogP contribution in [-0.2, 0) is 39.6 Å². The Morgan fingerprint density at radius 3 is 2.13 bits per heavy atom. The highest BCUT2D eigenvalue weighted by Crippen LogP contribution is 2.38. The number of benzene rings is 2. The molecule has 5 rings (SSSR count). The molecule has 3 fully saturated rings. The first-order valence-electron chi connectivity index (χ1n) is 16.8. The number of phenolic OH excluding ortho intramolecular Hbond substituents is 3. The van der Waals surface area contributed by atoms with Crippen LogP contribution in [0.15, 0.2) is 30.3 Å². The number of aromatic hydroxyl groups is 3. The summed E-state index contributed by atoms with van der Waals surface area (Å²) in [4.78, 5) is 12.9. The van der Waals surface area contributed by atoms with Gasteiger partial charge >= 0.3 is 5.97 Å². The second-order valence-electron chi connectivity index (χ2n) is 13.1. The molecular weight excluding hydrogens is 728 g/mol. The largest absolute Gasteiger partial charge is 0.504 e. The van der Waals surface area contributed by atoms with Crippen LogP contribution in [0.2, 0.25) is 0 Å². The van der Waals surface area contributed by atoms with Crippen LogP contribution in [0.5, 0.6) is 28.7 Å². The number of hydrogen-bond acceptors (Lipinski definition) is 20. The van der Waals surface area contributed by atoms with Crippen molar-refractivity contribution in [3.8, 4) is 28.7 Å². The van der Waals surface area contributed by atoms with Gasteiger partial charge in [0.1, 0.15) is 55.4 Å². The summed E-state index contributed by atoms with van der Waals surface area (Å²) in [5.74, 6) is -2.27. The van der Waals surface area contributed by atoms with E-state index in [0.29, 0.717) is 5.56 Å². The summed E-state index contributed by atoms with van der Waals surface area (Å²) >= 11 is 0. The predicted octanol–water partition coefficient (Wildman–Crippen LogP) is -2.64. The lowest BCUT2D eigenvalue weighted by atomic mass is 9.96. The van der Waals surface area contributed by atoms with Crippen molar-refractivity contribution in [2.24, 2.45) is 0 Å². The van der Waals surface area contributed by atoms with E-state index >= 15 is 0 Å². The maximum absolute atomic E-state index is 12.9. The van der Waals surface area contributed by atoms with E-state index in [0.717, 1.165) is 0 Å². The number of esters is 1. The lowest BCUT2D eigenvalue weighted by molar-refractivity contribution is -0.375. The Labute approximate surface area is 308 Å². The van der Waals surface area contributed by atoms with Gasteiger partial charge in [0, 0.05) is 0 Å². The molecule has 0 amide bonds. The Morgan fingerprint density at radius 2 is 1.50 bits per heavy atom. The Kier molecular flexibility index (Phi) is 13.4. The maximum atomic E-state index is 12.9. The number of aliphatic hydroxyl groups is 7. The van der Waals surface area contributed by atoms with Crippen molar-refractivity contribution in [2.75, 3.05) is 40.6 Å². The molecule has 0 aliphatic carbocycles. The summed E-state index contributed by atoms with van der Waals surface area (Å²) in [6, 6.07) is 6.43. The van der Waals surface area contributed by atoms with Crippen LogP contribution in [0.3, 0.4) is 0 Å². The summed E-state index contributed by atoms with van der Waals surface area (Å²) in [5, 5.41) is 105. The van der Waals surface area contributed by atoms with Gasteiger partial charge in [-0.25, -0.2) is 4.79 Å². The van der Waals surface area contributed by atoms with Crippen molar-refractivity contribution in [3.05, 3.63) is 41.5 Å². The molecule has 302 valence electrons. The number of aliphatic hydroxyl groups excluding tert-OH is 6. The minimum Gasteiger partial charge on any atom is -0.504 e. The molecule has 0 aromatic heterocycles. The van der Waals surface area contributed by atoms with Gasteiger partial charge in [-0.05, 0) is 43.2 Å². The normalized spacial score (nSPS) is 35.4. The molecular formula is C34H46O20. The van der Waals surface area contributed by atoms with Crippen molar-refractivity contribution in [3.63, 3.8) is 0 Å². The van der Waals surface area contributed by atoms with Crippen LogP contribution < -0.4 is 9.47 Å². The fraction of sp³-hybridized carbons (Fsp3) is 0.618. The van der Waals surface area contributed by atoms with Gasteiger partial charge in [-0.1, -0.05) is 6.07 Å². The van der Waals surface area contributed by atoms with E-state index in [1.54, 1.807) is 0 Å². The highest BCUT2D eigenvalue weighted by molar-refractivity contribution is 5.91. The van der Waals surface area contributed by atoms with Gasteiger partial charge in [-0.15, -0.1) is 0 Å². The molecule has 3 heterocycles. The molecule has 2 aromatic carbocycles. The van der Waals surface area contributed by atoms with Crippen LogP contribution in [0.1, 0.15) is 22.8 Å². The molecule has 2 aromatic rings. The smallest absolute Gasteiger partial charge is 0.338 e. The fourth-order valence-corrected chi connectivity index (χ4v) is 6.11. The first kappa shape index (κ1) is 41.6. The number of hydrogen-bond donors (Lipinski definition) is 10. The third-order valence-electron chi connectivity index (χ3n) is 9.38. The van der Waals surface area contributed by atoms with E-state index in [-0.39, 0.29) is 47.3 Å². The van der Waals surface area contributed by atoms with Crippen LogP contribution >= 0.6 is 0 Å². The summed E-state index contributed by atoms with van der Waals surface area (Å²) < 4.78 is 50.2. The number of methoxy groups -OCH3 is 2. The lowest BCUT2D eigenvalue weighted by Crippen LogP contribution is -2.65. The summed E-state index contributed by atoms with van der Waals surface area (Å²) in [6.07, 6.45) is -19.2. The summed E-state index contributed by atoms with van der Waals surface area (Å²) in [7, 11) is 2.51. The zero-order valence-electron chi connectivity index (χ0n) is 29.4. The fourth-order valence-electron chi connectivity index (χ4n) is 6.11. The quantitative estimate of drug-likeness (QED) is 0.0693. The van der Waals surface area contributed by atoms with Crippen LogP contribution in [-0.4, -0.2) is 177 Å². The van der Waals surface area contributed by atoms with E-state index in [2.05, 4.69) is 0 Å². The van der Waals surface area contributed by atoms with Gasteiger partial charge in [-0.2, -0.15) is 0 Å². The highest BCUT2D eigenvalue weighted by Gasteiger charge is 2.56. The van der Waals surface area contributed by atoms with Gasteiger partial charge < -0.3 is 93.7 Å². The van der Waals surface area contributed by atoms with Crippen molar-refractivity contribution < 1.29 is 98.5 Å². The van der Waals surface area contributed by atoms with Crippen LogP contribution in [0, 0.1) is 0 Å². The van der Waals surface area contributed by atoms with E-state index in [1.165, 1.54) is 51.5 Å². The Morgan fingerprint density at radius 1 is 0.833 bits per heavy atom. The van der Waals surface area contributed by atoms with Gasteiger partial charge in [0.25, 0.3) is 0 Å². The number of carbonyl (C=O) groups excluding carboxylic acids is 1. The molecule has 10 N–H and O–H groups in total. The topological polar surface area (TPSA) is 302 Å². The highest BCUT2D eigenvalue weighted by atomic mass is 16.8. The second kappa shape index (κ2) is 17.5. The molecule has 0 bridgehead atoms. The maximum Gasteiger partial charge on any atom is 0.338 e. The van der Waals surface area contributed by atoms with E-state index in [4.69, 9.17) is 42.6 Å². The van der Waals surface area contributed by atoms with Crippen molar-refractivity contribution in [1.29, 1.82) is 0 Å². The monoisotopic (exact) mass is 774 g/mol. The third kappa shape index (κ3) is 8.76. The zero-order chi connectivity index (χ0) is 39.5. The number of ether oxygens (including phenoxy) is 9. The summed E-state index contributed by atoms with van der Waals surface area (Å²) in [6.45, 7) is -0.983. The van der Waals surface area contributed by atoms with E-state index in [1.807, 2.05) is 0 Å². The molecule has 0 spiro atoms. The van der Waals surface area contributed by atoms with E-state index in [9.17, 15) is 55.9 Å². The SMILES string of the molecule is COc1cc(C(=O)OCC2(O)COC(OC3C(OCCc4ccc(O)c(O)c4)OC(CO)C(O)C3OC3OC(C)C(O)C(O)C3O)C2O)cc(OC)c1O. The predicted molar refractivity (Wildman–Crippen MR) is 175 cm³/mol. The first-order valence-corrected chi connectivity index (χ1v) is 16.8. The number of rotatable bonds is 14. The zero-order valence-corrected chi connectivity index (χ0v) is 29.4. The minimum absolute atomic E-state index is 0.0981. The van der Waals surface area contributed by atoms with E-state index < -0.39 is 105 Å². The van der Waals surface area contributed by atoms with Crippen molar-refractivity contribution in [1.82, 2.24) is 0 Å². The third-order valence-corrected chi connectivity index (χ3v) is 9.38. The number of phenols is 3. The molecule has 3 saturated heterocycles. The standard InChI is InChI=1S/C34H46O20/c1-14-22(38)25(41)26(42)31(51-14)53-27-24(40)21(11-35)52-32(48-7-6-15-4-5-17(36)18(37)8-15)28(27)54-33-29(43)34(45,13-50-33)12-49-30(44)16-9-19(46-2)23(39)20(10-16)47-3/h4-5,8-10,14,21-22,24-29,31-33,35-43,45H,6-7,11-13H2,1-3H3. The molecule has 54 heavy (non-hydrogen) atoms. The van der Waals surface area contributed by atoms with Gasteiger partial charge in [0.05, 0.1) is 45.7 Å². The molecule has 13 atom stereocenters. The van der Waals surface area contributed by atoms with Crippen LogP contribution in [0.4, 0.5) is 0 Å². The van der Waals surface area contributed by atoms with Crippen molar-refractivity contribution >= 4 is 5.97 Å². The minimum atomic E-state index is -2.26. The Hall–Kier alpha value is -3.61. The lowest BCUT2D eigenvalue weighted by Gasteiger charge is -2.47. The van der Waals surface area contributed by atoms with Gasteiger partial charge in [-0.3, -0.25) is 0 Å². The summed E-state index contributed by atoms with van der Waals surface area (Å²) in [5.41, 5.74) is -1.86. The first-order chi connectivity index (χ1) is 25.6. The number of carbonyl (C=O) groups is 1. The van der Waals surface area contributed by atoms with Gasteiger partial charge in [0.2, 0.25) is 5.75 Å². The molecule has 20 heteroatoms. The van der Waals surface area contributed by atoms with Crippen LogP contribution in [0.25, 0.3) is 0 Å². The average molecular weight is 775 g/mol. The molecule has 20 nitrogen and oxygen atoms in total. The Balaban J connectivity index is 1.35. The molecule has 13 unspecified atom stereocenters.